The molecule has 4 heterocycles. The van der Waals surface area contributed by atoms with E-state index >= 15 is 0 Å². The summed E-state index contributed by atoms with van der Waals surface area (Å²) in [6, 6.07) is 5.79. The minimum Gasteiger partial charge on any atom is -0.461 e. The second-order valence-corrected chi connectivity index (χ2v) is 8.50. The fraction of sp³-hybridized carbons (Fsp3) is 0.600. The molecule has 10 nitrogen and oxygen atoms in total. The van der Waals surface area contributed by atoms with E-state index < -0.39 is 29.7 Å². The number of hydrogen-bond donors (Lipinski definition) is 1. The third kappa shape index (κ3) is 2.85. The summed E-state index contributed by atoms with van der Waals surface area (Å²) in [5, 5.41) is 14.3. The second-order valence-electron chi connectivity index (χ2n) is 8.50. The lowest BCUT2D eigenvalue weighted by Crippen LogP contribution is -2.47. The van der Waals surface area contributed by atoms with E-state index in [0.717, 1.165) is 19.3 Å². The molecule has 0 aromatic carbocycles. The van der Waals surface area contributed by atoms with Gasteiger partial charge in [-0.25, -0.2) is 9.50 Å². The number of carbonyl (C=O) groups excluding carboxylic acids is 1. The minimum absolute atomic E-state index is 0.0971. The van der Waals surface area contributed by atoms with Gasteiger partial charge in [0.25, 0.3) is 0 Å². The van der Waals surface area contributed by atoms with Crippen LogP contribution in [0.5, 0.6) is 0 Å². The molecular formula is C20H23N5O5. The summed E-state index contributed by atoms with van der Waals surface area (Å²) < 4.78 is 25.5. The molecule has 2 aromatic heterocycles. The Labute approximate surface area is 172 Å². The zero-order chi connectivity index (χ0) is 21.1. The van der Waals surface area contributed by atoms with Crippen LogP contribution in [-0.4, -0.2) is 50.8 Å². The topological polar surface area (TPSA) is 134 Å². The van der Waals surface area contributed by atoms with Crippen molar-refractivity contribution in [3.05, 3.63) is 24.2 Å². The van der Waals surface area contributed by atoms with Crippen molar-refractivity contribution in [1.29, 1.82) is 5.26 Å². The van der Waals surface area contributed by atoms with Crippen LogP contribution < -0.4 is 5.73 Å². The van der Waals surface area contributed by atoms with E-state index in [0.29, 0.717) is 17.0 Å². The summed E-state index contributed by atoms with van der Waals surface area (Å²) >= 11 is 0. The van der Waals surface area contributed by atoms with E-state index in [9.17, 15) is 10.1 Å². The number of carbonyl (C=O) groups is 1. The maximum absolute atomic E-state index is 12.3. The minimum atomic E-state index is -1.49. The quantitative estimate of drug-likeness (QED) is 0.740. The number of nitrogens with two attached hydrogens (primary N) is 1. The van der Waals surface area contributed by atoms with Gasteiger partial charge in [0, 0.05) is 0 Å². The van der Waals surface area contributed by atoms with Gasteiger partial charge in [-0.1, -0.05) is 6.42 Å². The molecule has 0 unspecified atom stereocenters. The van der Waals surface area contributed by atoms with Gasteiger partial charge >= 0.3 is 5.97 Å². The van der Waals surface area contributed by atoms with Gasteiger partial charge in [-0.2, -0.15) is 10.4 Å². The van der Waals surface area contributed by atoms with Crippen LogP contribution in [0.3, 0.4) is 0 Å². The van der Waals surface area contributed by atoms with E-state index in [2.05, 4.69) is 16.2 Å². The van der Waals surface area contributed by atoms with Crippen molar-refractivity contribution >= 4 is 17.3 Å². The number of anilines is 1. The Bertz CT molecular complexity index is 1040. The lowest BCUT2D eigenvalue weighted by molar-refractivity contribution is -0.209. The first kappa shape index (κ1) is 19.2. The van der Waals surface area contributed by atoms with Crippen LogP contribution in [0.2, 0.25) is 0 Å². The van der Waals surface area contributed by atoms with Gasteiger partial charge in [-0.15, -0.1) is 0 Å². The number of hydrogen-bond acceptors (Lipinski definition) is 9. The Morgan fingerprint density at radius 1 is 1.37 bits per heavy atom. The summed E-state index contributed by atoms with van der Waals surface area (Å²) in [4.78, 5) is 16.3. The zero-order valence-corrected chi connectivity index (χ0v) is 16.8. The fourth-order valence-corrected chi connectivity index (χ4v) is 4.33. The number of ether oxygens (including phenoxy) is 4. The summed E-state index contributed by atoms with van der Waals surface area (Å²) in [6.07, 6.45) is 2.01. The molecule has 30 heavy (non-hydrogen) atoms. The predicted molar refractivity (Wildman–Crippen MR) is 102 cm³/mol. The van der Waals surface area contributed by atoms with Crippen LogP contribution in [0.1, 0.15) is 44.9 Å². The van der Waals surface area contributed by atoms with E-state index in [1.54, 1.807) is 24.4 Å². The van der Waals surface area contributed by atoms with E-state index in [-0.39, 0.29) is 18.5 Å². The van der Waals surface area contributed by atoms with Crippen molar-refractivity contribution in [3.63, 3.8) is 0 Å². The fourth-order valence-electron chi connectivity index (χ4n) is 4.33. The molecule has 10 heteroatoms. The van der Waals surface area contributed by atoms with Gasteiger partial charge in [0.1, 0.15) is 42.8 Å². The third-order valence-corrected chi connectivity index (χ3v) is 6.08. The Morgan fingerprint density at radius 2 is 2.17 bits per heavy atom. The Hall–Kier alpha value is -2.74. The van der Waals surface area contributed by atoms with Crippen molar-refractivity contribution < 1.29 is 23.7 Å². The molecule has 2 N–H and O–H groups in total. The standard InChI is InChI=1S/C20H23N5O5/c1-19(2)28-15-14(12-6-7-13-17(22)23-10-24-25(12)13)29-20(8-21,16(15)30-19)9-27-18(26)11-4-3-5-11/h6-7,10-11,14-16H,3-5,9H2,1-2H3,(H2,22,23,24)/t14-,15-,16-,20+/m0/s1. The molecule has 3 aliphatic rings. The molecule has 2 aromatic rings. The van der Waals surface area contributed by atoms with Crippen molar-refractivity contribution in [2.24, 2.45) is 5.92 Å². The van der Waals surface area contributed by atoms with Crippen molar-refractivity contribution in [2.75, 3.05) is 12.3 Å². The van der Waals surface area contributed by atoms with E-state index in [1.165, 1.54) is 6.33 Å². The van der Waals surface area contributed by atoms with Gasteiger partial charge in [0.05, 0.1) is 11.6 Å². The van der Waals surface area contributed by atoms with Crippen LogP contribution in [0.4, 0.5) is 5.82 Å². The van der Waals surface area contributed by atoms with Gasteiger partial charge in [-0.05, 0) is 38.8 Å². The average molecular weight is 413 g/mol. The van der Waals surface area contributed by atoms with Crippen molar-refractivity contribution in [1.82, 2.24) is 14.6 Å². The monoisotopic (exact) mass is 413 g/mol. The molecule has 3 fully saturated rings. The molecule has 0 amide bonds. The highest BCUT2D eigenvalue weighted by Crippen LogP contribution is 2.50. The van der Waals surface area contributed by atoms with Crippen LogP contribution in [-0.2, 0) is 23.7 Å². The van der Waals surface area contributed by atoms with Crippen LogP contribution in [0.25, 0.3) is 5.52 Å². The molecular weight excluding hydrogens is 390 g/mol. The number of nitriles is 1. The van der Waals surface area contributed by atoms with Crippen LogP contribution >= 0.6 is 0 Å². The van der Waals surface area contributed by atoms with E-state index in [4.69, 9.17) is 24.7 Å². The van der Waals surface area contributed by atoms with E-state index in [1.807, 2.05) is 6.07 Å². The smallest absolute Gasteiger partial charge is 0.309 e. The van der Waals surface area contributed by atoms with Crippen molar-refractivity contribution in [3.8, 4) is 6.07 Å². The highest BCUT2D eigenvalue weighted by atomic mass is 16.8. The maximum atomic E-state index is 12.3. The number of fused-ring (bicyclic) bond motifs is 2. The molecule has 1 aliphatic carbocycles. The number of nitrogen functional groups attached to an aromatic ring is 1. The first-order chi connectivity index (χ1) is 14.3. The molecule has 0 radical (unpaired) electrons. The molecule has 0 spiro atoms. The summed E-state index contributed by atoms with van der Waals surface area (Å²) in [7, 11) is 0. The maximum Gasteiger partial charge on any atom is 0.309 e. The molecule has 0 bridgehead atoms. The van der Waals surface area contributed by atoms with Crippen LogP contribution in [0.15, 0.2) is 18.5 Å². The first-order valence-corrected chi connectivity index (χ1v) is 10.0. The highest BCUT2D eigenvalue weighted by molar-refractivity contribution is 5.73. The largest absolute Gasteiger partial charge is 0.461 e. The molecule has 4 atom stereocenters. The Morgan fingerprint density at radius 3 is 2.87 bits per heavy atom. The number of esters is 1. The lowest BCUT2D eigenvalue weighted by Gasteiger charge is -2.30. The number of aromatic nitrogens is 3. The number of nitrogens with zero attached hydrogens (tertiary/aromatic N) is 4. The Kier molecular flexibility index (Phi) is 4.25. The van der Waals surface area contributed by atoms with Gasteiger partial charge in [0.2, 0.25) is 5.60 Å². The predicted octanol–water partition coefficient (Wildman–Crippen LogP) is 1.51. The zero-order valence-electron chi connectivity index (χ0n) is 16.8. The Balaban J connectivity index is 1.49. The van der Waals surface area contributed by atoms with Crippen LogP contribution in [0, 0.1) is 17.2 Å². The lowest BCUT2D eigenvalue weighted by atomic mass is 9.85. The third-order valence-electron chi connectivity index (χ3n) is 6.08. The van der Waals surface area contributed by atoms with Gasteiger partial charge < -0.3 is 24.7 Å². The number of rotatable bonds is 4. The second kappa shape index (κ2) is 6.63. The molecule has 2 aliphatic heterocycles. The molecule has 1 saturated carbocycles. The summed E-state index contributed by atoms with van der Waals surface area (Å²) in [5.41, 5.74) is 5.72. The van der Waals surface area contributed by atoms with Gasteiger partial charge in [0.15, 0.2) is 11.6 Å². The molecule has 2 saturated heterocycles. The van der Waals surface area contributed by atoms with Crippen molar-refractivity contribution in [2.45, 2.75) is 62.8 Å². The normalized spacial score (nSPS) is 32.5. The molecule has 5 rings (SSSR count). The highest BCUT2D eigenvalue weighted by Gasteiger charge is 2.65. The summed E-state index contributed by atoms with van der Waals surface area (Å²) in [5.74, 6) is -0.986. The average Bonchev–Trinajstić information content (AvgIpc) is 3.30. The summed E-state index contributed by atoms with van der Waals surface area (Å²) in [6.45, 7) is 3.33. The molecule has 158 valence electrons. The first-order valence-electron chi connectivity index (χ1n) is 10.0. The van der Waals surface area contributed by atoms with Gasteiger partial charge in [-0.3, -0.25) is 4.79 Å². The SMILES string of the molecule is CC1(C)O[C@H]2[C@H](c3ccc4c(N)ncnn34)O[C@](C#N)(COC(=O)C3CCC3)[C@H]2O1.